The van der Waals surface area contributed by atoms with E-state index in [1.54, 1.807) is 0 Å². The zero-order valence-corrected chi connectivity index (χ0v) is 13.3. The van der Waals surface area contributed by atoms with Crippen LogP contribution in [0, 0.1) is 6.85 Å². The van der Waals surface area contributed by atoms with E-state index in [2.05, 4.69) is 19.7 Å². The maximum absolute atomic E-state index is 13.5. The first-order valence-electron chi connectivity index (χ1n) is 15.0. The normalized spacial score (nSPS) is 25.1. The molecule has 0 saturated carbocycles. The molecule has 7 heteroatoms. The van der Waals surface area contributed by atoms with Crippen molar-refractivity contribution in [2.45, 2.75) is 24.1 Å². The van der Waals surface area contributed by atoms with Crippen LogP contribution in [0.2, 0.25) is 0 Å². The van der Waals surface area contributed by atoms with E-state index < -0.39 is 107 Å². The molecule has 3 aromatic rings. The van der Waals surface area contributed by atoms with Crippen molar-refractivity contribution in [3.63, 3.8) is 0 Å². The van der Waals surface area contributed by atoms with Crippen molar-refractivity contribution in [1.82, 2.24) is 15.0 Å². The highest BCUT2D eigenvalue weighted by Gasteiger charge is 2.20. The van der Waals surface area contributed by atoms with E-state index in [-0.39, 0.29) is 5.52 Å². The Kier molecular flexibility index (Phi) is 2.09. The highest BCUT2D eigenvalue weighted by molar-refractivity contribution is 7.90. The van der Waals surface area contributed by atoms with Gasteiger partial charge in [-0.1, -0.05) is 12.1 Å². The number of hydrogen-bond donors (Lipinski definition) is 1. The van der Waals surface area contributed by atoms with Crippen molar-refractivity contribution in [3.05, 3.63) is 47.6 Å². The van der Waals surface area contributed by atoms with Gasteiger partial charge in [-0.05, 0) is 25.0 Å². The Bertz CT molecular complexity index is 1500. The van der Waals surface area contributed by atoms with Crippen LogP contribution in [0.15, 0.2) is 41.5 Å². The number of nitrogens with zero attached hydrogens (tertiary/aromatic N) is 2. The van der Waals surface area contributed by atoms with Crippen LogP contribution in [0.1, 0.15) is 40.9 Å². The Labute approximate surface area is 173 Å². The number of methoxy groups -OCH3 is 1. The summed E-state index contributed by atoms with van der Waals surface area (Å²) in [7, 11) is 0.717. The van der Waals surface area contributed by atoms with Crippen molar-refractivity contribution in [1.29, 1.82) is 0 Å². The van der Waals surface area contributed by atoms with Crippen molar-refractivity contribution in [3.8, 4) is 5.75 Å². The fourth-order valence-corrected chi connectivity index (χ4v) is 2.39. The van der Waals surface area contributed by atoms with Crippen LogP contribution in [0.5, 0.6) is 5.75 Å². The highest BCUT2D eigenvalue weighted by Crippen LogP contribution is 2.24. The molecule has 0 radical (unpaired) electrons. The van der Waals surface area contributed by atoms with Crippen molar-refractivity contribution in [2.24, 2.45) is 0 Å². The van der Waals surface area contributed by atoms with E-state index in [0.29, 0.717) is 0 Å². The maximum Gasteiger partial charge on any atom is 0.322 e. The van der Waals surface area contributed by atoms with Crippen LogP contribution >= 0.6 is 0 Å². The average molecular weight is 377 g/mol. The number of pyridine rings is 1. The summed E-state index contributed by atoms with van der Waals surface area (Å²) in [4.78, 5) is 9.58. The smallest absolute Gasteiger partial charge is 0.322 e. The second-order valence-electron chi connectivity index (χ2n) is 4.17. The molecular weight excluding hydrogens is 338 g/mol. The van der Waals surface area contributed by atoms with Gasteiger partial charge in [0, 0.05) is 49.8 Å². The summed E-state index contributed by atoms with van der Waals surface area (Å²) in [5, 5.41) is -0.788. The number of rotatable bonds is 8. The van der Waals surface area contributed by atoms with Gasteiger partial charge < -0.3 is 14.0 Å². The SMILES string of the molecule is [2H]c1nc(C([2H])([2H])[S+]([O-])c2nc3c([2H])c([2H])c([2H])c([2H])c3[nH]2)c(C([2H])([2H])[2H])c(OC([2H])([2H])C([2H])([2H])C([2H])([2H])OC)c1[2H]. The summed E-state index contributed by atoms with van der Waals surface area (Å²) in [5.74, 6) is -1.41. The number of fused-ring (bicyclic) bond motifs is 1. The number of ether oxygens (including phenoxy) is 2. The molecule has 0 amide bonds. The molecule has 0 aliphatic carbocycles. The van der Waals surface area contributed by atoms with Gasteiger partial charge in [0.2, 0.25) is 0 Å². The van der Waals surface area contributed by atoms with Crippen LogP contribution in [-0.2, 0) is 21.6 Å². The minimum atomic E-state index is -3.81. The topological polar surface area (TPSA) is 83.1 Å². The van der Waals surface area contributed by atoms with Gasteiger partial charge >= 0.3 is 5.16 Å². The zero-order chi connectivity index (χ0) is 32.5. The van der Waals surface area contributed by atoms with Gasteiger partial charge in [-0.15, -0.1) is 0 Å². The van der Waals surface area contributed by atoms with Crippen LogP contribution in [0.4, 0.5) is 0 Å². The zero-order valence-electron chi connectivity index (χ0n) is 29.5. The summed E-state index contributed by atoms with van der Waals surface area (Å²) >= 11 is -3.11. The summed E-state index contributed by atoms with van der Waals surface area (Å²) in [6.07, 6.45) is -4.89. The number of para-hydroxylation sites is 2. The minimum Gasteiger partial charge on any atom is -0.609 e. The van der Waals surface area contributed by atoms with Crippen LogP contribution in [-0.4, -0.2) is 39.7 Å². The standard InChI is InChI=1S/C18H21N3O3S/c1-13-16(19-9-8-17(13)24-11-5-10-23-2)12-25(22)18-20-14-6-3-4-7-15(14)21-18/h3-4,6-9H,5,10-12H2,1-2H3,(H,20,21)/i1D3,3D,4D,5D2,6D,7D,8D,9D,10D2,11D2,12D2. The van der Waals surface area contributed by atoms with E-state index >= 15 is 0 Å². The average Bonchev–Trinajstić information content (AvgIpc) is 3.32. The van der Waals surface area contributed by atoms with E-state index in [0.717, 1.165) is 7.11 Å². The predicted molar refractivity (Wildman–Crippen MR) is 97.2 cm³/mol. The Morgan fingerprint density at radius 3 is 3.08 bits per heavy atom. The van der Waals surface area contributed by atoms with Crippen molar-refractivity contribution >= 4 is 22.2 Å². The van der Waals surface area contributed by atoms with Gasteiger partial charge in [-0.2, -0.15) is 4.98 Å². The lowest BCUT2D eigenvalue weighted by Crippen LogP contribution is -2.10. The van der Waals surface area contributed by atoms with E-state index in [9.17, 15) is 4.55 Å². The largest absolute Gasteiger partial charge is 0.609 e. The Balaban J connectivity index is 2.29. The molecule has 132 valence electrons. The highest BCUT2D eigenvalue weighted by atomic mass is 32.2. The van der Waals surface area contributed by atoms with Crippen LogP contribution in [0.3, 0.4) is 0 Å². The number of aromatic nitrogens is 3. The van der Waals surface area contributed by atoms with Gasteiger partial charge in [-0.3, -0.25) is 9.97 Å². The van der Waals surface area contributed by atoms with E-state index in [4.69, 9.17) is 28.0 Å². The molecule has 0 aliphatic rings. The number of hydrogen-bond acceptors (Lipinski definition) is 5. The molecule has 2 aromatic heterocycles. The molecule has 1 atom stereocenters. The first-order valence-corrected chi connectivity index (χ1v) is 7.64. The quantitative estimate of drug-likeness (QED) is 0.611. The molecule has 0 bridgehead atoms. The van der Waals surface area contributed by atoms with E-state index in [1.807, 2.05) is 0 Å². The third-order valence-corrected chi connectivity index (χ3v) is 3.56. The summed E-state index contributed by atoms with van der Waals surface area (Å²) in [6, 6.07) is -3.89. The number of H-pyrrole nitrogens is 1. The first kappa shape index (κ1) is 6.26. The lowest BCUT2D eigenvalue weighted by Gasteiger charge is -2.12. The van der Waals surface area contributed by atoms with Gasteiger partial charge in [0.1, 0.15) is 5.75 Å². The Morgan fingerprint density at radius 2 is 2.24 bits per heavy atom. The maximum atomic E-state index is 13.5. The second-order valence-corrected chi connectivity index (χ2v) is 5.30. The summed E-state index contributed by atoms with van der Waals surface area (Å²) in [6.45, 7) is -10.7. The second kappa shape index (κ2) is 8.33. The van der Waals surface area contributed by atoms with Gasteiger partial charge in [0.05, 0.1) is 39.7 Å². The van der Waals surface area contributed by atoms with Crippen molar-refractivity contribution < 1.29 is 37.3 Å². The molecule has 3 rings (SSSR count). The first-order chi connectivity index (χ1) is 18.8. The molecule has 1 aromatic carbocycles. The minimum absolute atomic E-state index is 0.348. The molecule has 6 nitrogen and oxygen atoms in total. The molecule has 1 N–H and O–H groups in total. The van der Waals surface area contributed by atoms with Gasteiger partial charge in [0.15, 0.2) is 5.70 Å². The lowest BCUT2D eigenvalue weighted by molar-refractivity contribution is 0.172. The Hall–Kier alpha value is -2.09. The third-order valence-electron chi connectivity index (χ3n) is 2.64. The number of imidazole rings is 1. The molecule has 0 fully saturated rings. The fourth-order valence-electron chi connectivity index (χ4n) is 1.60. The number of aromatic amines is 1. The fraction of sp³-hybridized carbons (Fsp3) is 0.333. The molecule has 2 heterocycles. The molecule has 1 unspecified atom stereocenters. The van der Waals surface area contributed by atoms with Gasteiger partial charge in [-0.25, -0.2) is 0 Å². The van der Waals surface area contributed by atoms with Crippen LogP contribution in [0.25, 0.3) is 11.0 Å². The summed E-state index contributed by atoms with van der Waals surface area (Å²) < 4.78 is 158. The van der Waals surface area contributed by atoms with Gasteiger partial charge in [0.25, 0.3) is 0 Å². The molecule has 25 heavy (non-hydrogen) atoms. The molecule has 0 aliphatic heterocycles. The summed E-state index contributed by atoms with van der Waals surface area (Å²) in [5.41, 5.74) is -6.90. The lowest BCUT2D eigenvalue weighted by atomic mass is 10.2. The van der Waals surface area contributed by atoms with Crippen molar-refractivity contribution in [2.75, 3.05) is 20.2 Å². The number of benzene rings is 1. The molecule has 0 spiro atoms. The molecule has 0 saturated heterocycles. The number of nitrogens with one attached hydrogen (secondary N) is 1. The monoisotopic (exact) mass is 376 g/mol. The predicted octanol–water partition coefficient (Wildman–Crippen LogP) is 2.99. The molecular formula is C18H21N3O3S. The van der Waals surface area contributed by atoms with Crippen LogP contribution < -0.4 is 4.74 Å². The van der Waals surface area contributed by atoms with E-state index in [1.165, 1.54) is 0 Å². The Morgan fingerprint density at radius 1 is 1.36 bits per heavy atom. The third kappa shape index (κ3) is 4.31.